The number of hydrogen-bond donors (Lipinski definition) is 3. The van der Waals surface area contributed by atoms with Crippen LogP contribution < -0.4 is 15.4 Å². The molecule has 0 unspecified atom stereocenters. The number of hydrogen-bond acceptors (Lipinski definition) is 4. The molecule has 1 atom stereocenters. The maximum absolute atomic E-state index is 13.0. The molecule has 1 aliphatic rings. The number of piperidine rings is 1. The number of nitrogens with one attached hydrogen (secondary N) is 3. The number of carbonyl (C=O) groups is 2. The van der Waals surface area contributed by atoms with Crippen molar-refractivity contribution in [1.29, 1.82) is 0 Å². The van der Waals surface area contributed by atoms with Crippen LogP contribution in [-0.4, -0.2) is 50.6 Å². The van der Waals surface area contributed by atoms with E-state index in [-0.39, 0.29) is 24.5 Å². The fraction of sp³-hybridized carbons (Fsp3) is 0.333. The highest BCUT2D eigenvalue weighted by Crippen LogP contribution is 2.20. The molecule has 1 fully saturated rings. The molecule has 0 bridgehead atoms. The Morgan fingerprint density at radius 3 is 2.23 bits per heavy atom. The summed E-state index contributed by atoms with van der Waals surface area (Å²) in [6.07, 6.45) is 3.72. The van der Waals surface area contributed by atoms with Gasteiger partial charge in [-0.1, -0.05) is 18.2 Å². The number of carbonyl (C=O) groups excluding carboxylic acids is 2. The van der Waals surface area contributed by atoms with Crippen molar-refractivity contribution in [2.45, 2.75) is 25.3 Å². The quantitative estimate of drug-likeness (QED) is 0.655. The summed E-state index contributed by atoms with van der Waals surface area (Å²) < 4.78 is 25.3. The van der Waals surface area contributed by atoms with E-state index in [0.717, 1.165) is 25.5 Å². The number of sulfonamides is 1. The standard InChI is InChI=1S/C21H26N4O4S/c1-30(28,29)22-15-19-9-5-6-14-25(19)20(26)16-10-12-18(13-11-16)24-21(27)23-17-7-3-2-4-8-17/h2-4,7-8,10-13,19,22H,5-6,9,14-15H2,1H3,(H2,23,24,27)/t19-/m0/s1. The maximum atomic E-state index is 13.0. The van der Waals surface area contributed by atoms with Crippen LogP contribution in [0.3, 0.4) is 0 Å². The first-order chi connectivity index (χ1) is 14.3. The molecular formula is C21H26N4O4S. The number of nitrogens with zero attached hydrogens (tertiary/aromatic N) is 1. The van der Waals surface area contributed by atoms with E-state index >= 15 is 0 Å². The van der Waals surface area contributed by atoms with E-state index < -0.39 is 10.0 Å². The van der Waals surface area contributed by atoms with Crippen LogP contribution in [0.5, 0.6) is 0 Å². The first-order valence-electron chi connectivity index (χ1n) is 9.80. The average molecular weight is 431 g/mol. The minimum Gasteiger partial charge on any atom is -0.334 e. The molecule has 1 aliphatic heterocycles. The zero-order chi connectivity index (χ0) is 21.6. The third-order valence-corrected chi connectivity index (χ3v) is 5.58. The molecule has 3 N–H and O–H groups in total. The van der Waals surface area contributed by atoms with E-state index in [1.165, 1.54) is 0 Å². The van der Waals surface area contributed by atoms with Gasteiger partial charge in [-0.25, -0.2) is 17.9 Å². The number of urea groups is 1. The van der Waals surface area contributed by atoms with Gasteiger partial charge in [-0.2, -0.15) is 0 Å². The van der Waals surface area contributed by atoms with Crippen LogP contribution in [0.25, 0.3) is 0 Å². The van der Waals surface area contributed by atoms with Gasteiger partial charge in [0.1, 0.15) is 0 Å². The molecular weight excluding hydrogens is 404 g/mol. The first-order valence-corrected chi connectivity index (χ1v) is 11.7. The zero-order valence-electron chi connectivity index (χ0n) is 16.8. The van der Waals surface area contributed by atoms with Crippen LogP contribution in [0.2, 0.25) is 0 Å². The highest BCUT2D eigenvalue weighted by molar-refractivity contribution is 7.88. The SMILES string of the molecule is CS(=O)(=O)NC[C@@H]1CCCCN1C(=O)c1ccc(NC(=O)Nc2ccccc2)cc1. The maximum Gasteiger partial charge on any atom is 0.323 e. The van der Waals surface area contributed by atoms with Gasteiger partial charge in [0, 0.05) is 36.1 Å². The number of amides is 3. The van der Waals surface area contributed by atoms with Gasteiger partial charge in [0.25, 0.3) is 5.91 Å². The van der Waals surface area contributed by atoms with Gasteiger partial charge in [0.15, 0.2) is 0 Å². The van der Waals surface area contributed by atoms with E-state index in [4.69, 9.17) is 0 Å². The Labute approximate surface area is 176 Å². The normalized spacial score (nSPS) is 16.7. The number of benzene rings is 2. The molecule has 0 radical (unpaired) electrons. The predicted molar refractivity (Wildman–Crippen MR) is 117 cm³/mol. The lowest BCUT2D eigenvalue weighted by molar-refractivity contribution is 0.0619. The molecule has 2 aromatic rings. The Hall–Kier alpha value is -2.91. The lowest BCUT2D eigenvalue weighted by Crippen LogP contribution is -2.49. The minimum atomic E-state index is -3.31. The van der Waals surface area contributed by atoms with Crippen LogP contribution in [0.15, 0.2) is 54.6 Å². The second kappa shape index (κ2) is 9.73. The predicted octanol–water partition coefficient (Wildman–Crippen LogP) is 2.87. The lowest BCUT2D eigenvalue weighted by atomic mass is 10.0. The summed E-state index contributed by atoms with van der Waals surface area (Å²) in [5.74, 6) is -0.143. The summed E-state index contributed by atoms with van der Waals surface area (Å²) in [5, 5.41) is 5.46. The molecule has 0 spiro atoms. The Morgan fingerprint density at radius 2 is 1.60 bits per heavy atom. The molecule has 1 saturated heterocycles. The second-order valence-corrected chi connectivity index (χ2v) is 9.12. The van der Waals surface area contributed by atoms with Crippen LogP contribution >= 0.6 is 0 Å². The zero-order valence-corrected chi connectivity index (χ0v) is 17.6. The number of likely N-dealkylation sites (tertiary alicyclic amines) is 1. The molecule has 3 rings (SSSR count). The number of para-hydroxylation sites is 1. The van der Waals surface area contributed by atoms with Gasteiger partial charge in [-0.05, 0) is 55.7 Å². The van der Waals surface area contributed by atoms with E-state index in [0.29, 0.717) is 23.5 Å². The molecule has 0 aromatic heterocycles. The third-order valence-electron chi connectivity index (χ3n) is 4.89. The lowest BCUT2D eigenvalue weighted by Gasteiger charge is -2.35. The number of anilines is 2. The summed E-state index contributed by atoms with van der Waals surface area (Å²) in [6.45, 7) is 0.804. The van der Waals surface area contributed by atoms with Crippen molar-refractivity contribution in [2.75, 3.05) is 30.0 Å². The first kappa shape index (κ1) is 21.8. The van der Waals surface area contributed by atoms with Crippen molar-refractivity contribution >= 4 is 33.3 Å². The molecule has 30 heavy (non-hydrogen) atoms. The van der Waals surface area contributed by atoms with Crippen molar-refractivity contribution in [3.05, 3.63) is 60.2 Å². The Kier molecular flexibility index (Phi) is 7.07. The minimum absolute atomic E-state index is 0.143. The smallest absolute Gasteiger partial charge is 0.323 e. The molecule has 9 heteroatoms. The average Bonchev–Trinajstić information content (AvgIpc) is 2.72. The van der Waals surface area contributed by atoms with Gasteiger partial charge in [-0.15, -0.1) is 0 Å². The Balaban J connectivity index is 1.61. The molecule has 0 saturated carbocycles. The van der Waals surface area contributed by atoms with Crippen molar-refractivity contribution < 1.29 is 18.0 Å². The Morgan fingerprint density at radius 1 is 0.967 bits per heavy atom. The molecule has 160 valence electrons. The van der Waals surface area contributed by atoms with Crippen molar-refractivity contribution in [3.8, 4) is 0 Å². The van der Waals surface area contributed by atoms with E-state index in [2.05, 4.69) is 15.4 Å². The topological polar surface area (TPSA) is 108 Å². The highest BCUT2D eigenvalue weighted by atomic mass is 32.2. The van der Waals surface area contributed by atoms with Crippen LogP contribution in [0.4, 0.5) is 16.2 Å². The van der Waals surface area contributed by atoms with Crippen LogP contribution in [-0.2, 0) is 10.0 Å². The fourth-order valence-corrected chi connectivity index (χ4v) is 3.90. The largest absolute Gasteiger partial charge is 0.334 e. The summed E-state index contributed by atoms with van der Waals surface area (Å²) in [6, 6.07) is 15.2. The van der Waals surface area contributed by atoms with Crippen LogP contribution in [0, 0.1) is 0 Å². The fourth-order valence-electron chi connectivity index (χ4n) is 3.40. The molecule has 2 aromatic carbocycles. The van der Waals surface area contributed by atoms with Crippen molar-refractivity contribution in [1.82, 2.24) is 9.62 Å². The van der Waals surface area contributed by atoms with E-state index in [1.54, 1.807) is 41.3 Å². The summed E-state index contributed by atoms with van der Waals surface area (Å²) in [5.41, 5.74) is 1.74. The summed E-state index contributed by atoms with van der Waals surface area (Å²) >= 11 is 0. The van der Waals surface area contributed by atoms with Crippen molar-refractivity contribution in [2.24, 2.45) is 0 Å². The third kappa shape index (κ3) is 6.30. The second-order valence-electron chi connectivity index (χ2n) is 7.29. The van der Waals surface area contributed by atoms with Gasteiger partial charge in [0.2, 0.25) is 10.0 Å². The Bertz CT molecular complexity index is 978. The van der Waals surface area contributed by atoms with Gasteiger partial charge >= 0.3 is 6.03 Å². The van der Waals surface area contributed by atoms with E-state index in [1.807, 2.05) is 18.2 Å². The van der Waals surface area contributed by atoms with Crippen LogP contribution in [0.1, 0.15) is 29.6 Å². The molecule has 0 aliphatic carbocycles. The summed E-state index contributed by atoms with van der Waals surface area (Å²) in [4.78, 5) is 26.8. The van der Waals surface area contributed by atoms with E-state index in [9.17, 15) is 18.0 Å². The molecule has 1 heterocycles. The number of rotatable bonds is 6. The van der Waals surface area contributed by atoms with Gasteiger partial charge in [-0.3, -0.25) is 4.79 Å². The molecule has 8 nitrogen and oxygen atoms in total. The van der Waals surface area contributed by atoms with Gasteiger partial charge in [0.05, 0.1) is 6.26 Å². The molecule has 3 amide bonds. The monoisotopic (exact) mass is 430 g/mol. The summed E-state index contributed by atoms with van der Waals surface area (Å²) in [7, 11) is -3.31. The highest BCUT2D eigenvalue weighted by Gasteiger charge is 2.28. The van der Waals surface area contributed by atoms with Crippen molar-refractivity contribution in [3.63, 3.8) is 0 Å². The van der Waals surface area contributed by atoms with Gasteiger partial charge < -0.3 is 15.5 Å².